The Kier molecular flexibility index (Phi) is 3.77. The Morgan fingerprint density at radius 1 is 1.39 bits per heavy atom. The van der Waals surface area contributed by atoms with Crippen molar-refractivity contribution < 1.29 is 0 Å². The SMILES string of the molecule is CCCN[C@@H](C)c1nc2ccccc2c(=O)n1C. The molecule has 0 saturated heterocycles. The molecule has 0 unspecified atom stereocenters. The average Bonchev–Trinajstić information content (AvgIpc) is 2.40. The molecule has 96 valence electrons. The van der Waals surface area contributed by atoms with Gasteiger partial charge in [0.25, 0.3) is 5.56 Å². The first-order valence-corrected chi connectivity index (χ1v) is 6.34. The lowest BCUT2D eigenvalue weighted by molar-refractivity contribution is 0.519. The molecule has 0 aliphatic heterocycles. The molecule has 1 heterocycles. The average molecular weight is 245 g/mol. The van der Waals surface area contributed by atoms with Crippen LogP contribution in [0.3, 0.4) is 0 Å². The summed E-state index contributed by atoms with van der Waals surface area (Å²) in [5.41, 5.74) is 0.779. The van der Waals surface area contributed by atoms with Crippen molar-refractivity contribution in [2.24, 2.45) is 7.05 Å². The first-order valence-electron chi connectivity index (χ1n) is 6.34. The van der Waals surface area contributed by atoms with E-state index in [9.17, 15) is 4.79 Å². The van der Waals surface area contributed by atoms with E-state index in [1.54, 1.807) is 11.6 Å². The highest BCUT2D eigenvalue weighted by Gasteiger charge is 2.13. The van der Waals surface area contributed by atoms with Gasteiger partial charge in [0.1, 0.15) is 5.82 Å². The Labute approximate surface area is 107 Å². The summed E-state index contributed by atoms with van der Waals surface area (Å²) in [5, 5.41) is 4.03. The van der Waals surface area contributed by atoms with Gasteiger partial charge in [0.2, 0.25) is 0 Å². The number of benzene rings is 1. The van der Waals surface area contributed by atoms with Gasteiger partial charge in [-0.15, -0.1) is 0 Å². The zero-order valence-electron chi connectivity index (χ0n) is 11.1. The van der Waals surface area contributed by atoms with Gasteiger partial charge in [-0.1, -0.05) is 19.1 Å². The van der Waals surface area contributed by atoms with Crippen LogP contribution in [0.1, 0.15) is 32.1 Å². The summed E-state index contributed by atoms with van der Waals surface area (Å²) in [7, 11) is 1.78. The normalized spacial score (nSPS) is 12.8. The standard InChI is InChI=1S/C14H19N3O/c1-4-9-15-10(2)13-16-12-8-6-5-7-11(12)14(18)17(13)3/h5-8,10,15H,4,9H2,1-3H3/t10-/m0/s1. The van der Waals surface area contributed by atoms with Crippen molar-refractivity contribution in [3.63, 3.8) is 0 Å². The number of hydrogen-bond donors (Lipinski definition) is 1. The monoisotopic (exact) mass is 245 g/mol. The molecule has 0 radical (unpaired) electrons. The van der Waals surface area contributed by atoms with E-state index in [0.717, 1.165) is 24.3 Å². The van der Waals surface area contributed by atoms with Crippen molar-refractivity contribution in [2.75, 3.05) is 6.54 Å². The Balaban J connectivity index is 2.51. The fourth-order valence-corrected chi connectivity index (χ4v) is 2.07. The van der Waals surface area contributed by atoms with E-state index in [2.05, 4.69) is 17.2 Å². The summed E-state index contributed by atoms with van der Waals surface area (Å²) < 4.78 is 1.63. The molecule has 4 heteroatoms. The van der Waals surface area contributed by atoms with Crippen molar-refractivity contribution in [1.29, 1.82) is 0 Å². The van der Waals surface area contributed by atoms with Gasteiger partial charge in [0.05, 0.1) is 16.9 Å². The Morgan fingerprint density at radius 2 is 2.11 bits per heavy atom. The maximum absolute atomic E-state index is 12.2. The van der Waals surface area contributed by atoms with Crippen LogP contribution >= 0.6 is 0 Å². The number of nitrogens with one attached hydrogen (secondary N) is 1. The van der Waals surface area contributed by atoms with Gasteiger partial charge >= 0.3 is 0 Å². The highest BCUT2D eigenvalue weighted by atomic mass is 16.1. The van der Waals surface area contributed by atoms with Crippen LogP contribution in [0.15, 0.2) is 29.1 Å². The van der Waals surface area contributed by atoms with Gasteiger partial charge in [0.15, 0.2) is 0 Å². The summed E-state index contributed by atoms with van der Waals surface area (Å²) in [6.45, 7) is 5.07. The maximum Gasteiger partial charge on any atom is 0.261 e. The number of para-hydroxylation sites is 1. The molecular weight excluding hydrogens is 226 g/mol. The second-order valence-electron chi connectivity index (χ2n) is 4.53. The number of rotatable bonds is 4. The molecule has 1 atom stereocenters. The third-order valence-electron chi connectivity index (χ3n) is 3.11. The fraction of sp³-hybridized carbons (Fsp3) is 0.429. The van der Waals surface area contributed by atoms with Gasteiger partial charge in [-0.2, -0.15) is 0 Å². The summed E-state index contributed by atoms with van der Waals surface area (Å²) in [5.74, 6) is 0.784. The predicted molar refractivity (Wildman–Crippen MR) is 73.7 cm³/mol. The van der Waals surface area contributed by atoms with Crippen LogP contribution in [0, 0.1) is 0 Å². The first kappa shape index (κ1) is 12.8. The number of fused-ring (bicyclic) bond motifs is 1. The van der Waals surface area contributed by atoms with Crippen molar-refractivity contribution in [3.05, 3.63) is 40.4 Å². The second-order valence-corrected chi connectivity index (χ2v) is 4.53. The Hall–Kier alpha value is -1.68. The number of aromatic nitrogens is 2. The lowest BCUT2D eigenvalue weighted by Crippen LogP contribution is -2.29. The topological polar surface area (TPSA) is 46.9 Å². The number of nitrogens with zero attached hydrogens (tertiary/aromatic N) is 2. The van der Waals surface area contributed by atoms with Crippen LogP contribution in [-0.2, 0) is 7.05 Å². The predicted octanol–water partition coefficient (Wildman–Crippen LogP) is 1.99. The molecule has 1 aromatic heterocycles. The minimum absolute atomic E-state index is 0.0146. The van der Waals surface area contributed by atoms with Crippen LogP contribution in [0.4, 0.5) is 0 Å². The molecule has 1 N–H and O–H groups in total. The quantitative estimate of drug-likeness (QED) is 0.896. The lowest BCUT2D eigenvalue weighted by Gasteiger charge is -2.16. The smallest absolute Gasteiger partial charge is 0.261 e. The third-order valence-corrected chi connectivity index (χ3v) is 3.11. The van der Waals surface area contributed by atoms with Crippen molar-refractivity contribution >= 4 is 10.9 Å². The molecule has 1 aromatic carbocycles. The molecule has 0 bridgehead atoms. The molecule has 0 fully saturated rings. The van der Waals surface area contributed by atoms with Crippen molar-refractivity contribution in [1.82, 2.24) is 14.9 Å². The summed E-state index contributed by atoms with van der Waals surface area (Å²) in [4.78, 5) is 16.8. The van der Waals surface area contributed by atoms with E-state index in [1.165, 1.54) is 0 Å². The highest BCUT2D eigenvalue weighted by Crippen LogP contribution is 2.12. The third kappa shape index (κ3) is 2.29. The first-order chi connectivity index (χ1) is 8.65. The van der Waals surface area contributed by atoms with E-state index < -0.39 is 0 Å². The van der Waals surface area contributed by atoms with Crippen LogP contribution in [0.2, 0.25) is 0 Å². The fourth-order valence-electron chi connectivity index (χ4n) is 2.07. The minimum atomic E-state index is 0.0146. The maximum atomic E-state index is 12.2. The molecule has 0 aliphatic rings. The molecule has 0 amide bonds. The van der Waals surface area contributed by atoms with Crippen LogP contribution in [0.25, 0.3) is 10.9 Å². The molecule has 2 aromatic rings. The van der Waals surface area contributed by atoms with Crippen LogP contribution in [-0.4, -0.2) is 16.1 Å². The van der Waals surface area contributed by atoms with Crippen molar-refractivity contribution in [3.8, 4) is 0 Å². The molecule has 2 rings (SSSR count). The van der Waals surface area contributed by atoms with E-state index in [1.807, 2.05) is 31.2 Å². The van der Waals surface area contributed by atoms with Gasteiger partial charge in [-0.25, -0.2) is 4.98 Å². The molecule has 4 nitrogen and oxygen atoms in total. The molecule has 18 heavy (non-hydrogen) atoms. The van der Waals surface area contributed by atoms with E-state index in [0.29, 0.717) is 5.39 Å². The van der Waals surface area contributed by atoms with Crippen LogP contribution in [0.5, 0.6) is 0 Å². The van der Waals surface area contributed by atoms with Gasteiger partial charge in [-0.05, 0) is 32.0 Å². The summed E-state index contributed by atoms with van der Waals surface area (Å²) in [6, 6.07) is 7.55. The van der Waals surface area contributed by atoms with E-state index in [4.69, 9.17) is 0 Å². The Morgan fingerprint density at radius 3 is 2.83 bits per heavy atom. The highest BCUT2D eigenvalue weighted by molar-refractivity contribution is 5.77. The zero-order valence-corrected chi connectivity index (χ0v) is 11.1. The molecular formula is C14H19N3O. The van der Waals surface area contributed by atoms with Crippen molar-refractivity contribution in [2.45, 2.75) is 26.3 Å². The second kappa shape index (κ2) is 5.31. The van der Waals surface area contributed by atoms with E-state index in [-0.39, 0.29) is 11.6 Å². The Bertz CT molecular complexity index is 604. The van der Waals surface area contributed by atoms with Gasteiger partial charge < -0.3 is 5.32 Å². The van der Waals surface area contributed by atoms with Crippen LogP contribution < -0.4 is 10.9 Å². The molecule has 0 saturated carbocycles. The summed E-state index contributed by atoms with van der Waals surface area (Å²) in [6.07, 6.45) is 1.06. The minimum Gasteiger partial charge on any atom is -0.308 e. The largest absolute Gasteiger partial charge is 0.308 e. The van der Waals surface area contributed by atoms with Gasteiger partial charge in [0, 0.05) is 7.05 Å². The zero-order chi connectivity index (χ0) is 13.1. The van der Waals surface area contributed by atoms with E-state index >= 15 is 0 Å². The molecule has 0 aliphatic carbocycles. The summed E-state index contributed by atoms with van der Waals surface area (Å²) >= 11 is 0. The lowest BCUT2D eigenvalue weighted by atomic mass is 10.2. The molecule has 0 spiro atoms. The van der Waals surface area contributed by atoms with Gasteiger partial charge in [-0.3, -0.25) is 9.36 Å². The number of hydrogen-bond acceptors (Lipinski definition) is 3.